The Labute approximate surface area is 130 Å². The molecule has 2 aromatic rings. The average Bonchev–Trinajstić information content (AvgIpc) is 3.00. The highest BCUT2D eigenvalue weighted by atomic mass is 32.2. The largest absolute Gasteiger partial charge is 0.313 e. The molecule has 21 heavy (non-hydrogen) atoms. The van der Waals surface area contributed by atoms with E-state index >= 15 is 0 Å². The molecule has 0 aliphatic rings. The molecule has 0 atom stereocenters. The number of benzene rings is 1. The molecule has 2 N–H and O–H groups in total. The predicted octanol–water partition coefficient (Wildman–Crippen LogP) is 2.73. The van der Waals surface area contributed by atoms with Crippen LogP contribution in [0.2, 0.25) is 0 Å². The van der Waals surface area contributed by atoms with Crippen LogP contribution >= 0.6 is 11.3 Å². The van der Waals surface area contributed by atoms with E-state index in [0.29, 0.717) is 11.4 Å². The van der Waals surface area contributed by atoms with E-state index in [4.69, 9.17) is 0 Å². The summed E-state index contributed by atoms with van der Waals surface area (Å²) in [5.74, 6) is 0. The van der Waals surface area contributed by atoms with Gasteiger partial charge < -0.3 is 5.32 Å². The van der Waals surface area contributed by atoms with Crippen molar-refractivity contribution in [2.75, 3.05) is 6.54 Å². The summed E-state index contributed by atoms with van der Waals surface area (Å²) in [6.45, 7) is 4.17. The summed E-state index contributed by atoms with van der Waals surface area (Å²) >= 11 is 1.54. The molecular weight excluding hydrogens is 304 g/mol. The van der Waals surface area contributed by atoms with Gasteiger partial charge in [-0.25, -0.2) is 13.1 Å². The van der Waals surface area contributed by atoms with Crippen molar-refractivity contribution < 1.29 is 8.42 Å². The Bertz CT molecular complexity index is 635. The first-order valence-corrected chi connectivity index (χ1v) is 9.30. The third-order valence-electron chi connectivity index (χ3n) is 3.01. The second kappa shape index (κ2) is 7.70. The number of hydrogen-bond acceptors (Lipinski definition) is 4. The molecule has 0 unspecified atom stereocenters. The maximum absolute atomic E-state index is 12.2. The summed E-state index contributed by atoms with van der Waals surface area (Å²) in [6.07, 6.45) is 1.08. The van der Waals surface area contributed by atoms with Gasteiger partial charge in [0.1, 0.15) is 0 Å². The lowest BCUT2D eigenvalue weighted by Crippen LogP contribution is -2.22. The Hall–Kier alpha value is -1.21. The molecule has 1 heterocycles. The first-order valence-electron chi connectivity index (χ1n) is 6.93. The molecule has 114 valence electrons. The van der Waals surface area contributed by atoms with Crippen molar-refractivity contribution in [2.45, 2.75) is 31.3 Å². The van der Waals surface area contributed by atoms with Crippen molar-refractivity contribution in [3.8, 4) is 0 Å². The van der Waals surface area contributed by atoms with E-state index < -0.39 is 10.0 Å². The zero-order chi connectivity index (χ0) is 15.1. The van der Waals surface area contributed by atoms with E-state index in [0.717, 1.165) is 30.0 Å². The van der Waals surface area contributed by atoms with E-state index in [9.17, 15) is 8.42 Å². The topological polar surface area (TPSA) is 58.2 Å². The lowest BCUT2D eigenvalue weighted by Gasteiger charge is -2.07. The molecule has 0 saturated heterocycles. The van der Waals surface area contributed by atoms with E-state index in [1.807, 2.05) is 29.6 Å². The van der Waals surface area contributed by atoms with Gasteiger partial charge in [0, 0.05) is 18.0 Å². The average molecular weight is 324 g/mol. The van der Waals surface area contributed by atoms with Crippen LogP contribution in [-0.4, -0.2) is 15.0 Å². The Morgan fingerprint density at radius 1 is 1.10 bits per heavy atom. The van der Waals surface area contributed by atoms with Gasteiger partial charge in [0.05, 0.1) is 4.90 Å². The molecule has 4 nitrogen and oxygen atoms in total. The second-order valence-electron chi connectivity index (χ2n) is 4.72. The standard InChI is InChI=1S/C15H20N2O2S2/c1-2-9-16-11-13-5-7-15(8-6-13)21(18,19)17-12-14-4-3-10-20-14/h3-8,10,16-17H,2,9,11-12H2,1H3. The van der Waals surface area contributed by atoms with Gasteiger partial charge in [0.15, 0.2) is 0 Å². The number of hydrogen-bond donors (Lipinski definition) is 2. The minimum atomic E-state index is -3.44. The lowest BCUT2D eigenvalue weighted by molar-refractivity contribution is 0.581. The summed E-state index contributed by atoms with van der Waals surface area (Å²) in [5, 5.41) is 5.22. The van der Waals surface area contributed by atoms with Crippen molar-refractivity contribution >= 4 is 21.4 Å². The van der Waals surface area contributed by atoms with Crippen molar-refractivity contribution in [2.24, 2.45) is 0 Å². The Kier molecular flexibility index (Phi) is 5.93. The maximum atomic E-state index is 12.2. The molecule has 0 spiro atoms. The highest BCUT2D eigenvalue weighted by Crippen LogP contribution is 2.13. The highest BCUT2D eigenvalue weighted by Gasteiger charge is 2.13. The molecule has 0 saturated carbocycles. The van der Waals surface area contributed by atoms with Gasteiger partial charge in [-0.3, -0.25) is 0 Å². The van der Waals surface area contributed by atoms with Crippen LogP contribution < -0.4 is 10.0 Å². The third kappa shape index (κ3) is 4.93. The molecule has 0 amide bonds. The quantitative estimate of drug-likeness (QED) is 0.734. The van der Waals surface area contributed by atoms with E-state index in [1.54, 1.807) is 12.1 Å². The Morgan fingerprint density at radius 2 is 1.86 bits per heavy atom. The van der Waals surface area contributed by atoms with Crippen molar-refractivity contribution in [3.05, 3.63) is 52.2 Å². The van der Waals surface area contributed by atoms with Gasteiger partial charge in [-0.15, -0.1) is 11.3 Å². The van der Waals surface area contributed by atoms with Crippen LogP contribution in [0.15, 0.2) is 46.7 Å². The Morgan fingerprint density at radius 3 is 2.48 bits per heavy atom. The zero-order valence-electron chi connectivity index (χ0n) is 12.0. The summed E-state index contributed by atoms with van der Waals surface area (Å²) in [5.41, 5.74) is 1.08. The summed E-state index contributed by atoms with van der Waals surface area (Å²) in [7, 11) is -3.44. The summed E-state index contributed by atoms with van der Waals surface area (Å²) in [6, 6.07) is 10.8. The highest BCUT2D eigenvalue weighted by molar-refractivity contribution is 7.89. The number of nitrogens with one attached hydrogen (secondary N) is 2. The van der Waals surface area contributed by atoms with Gasteiger partial charge in [0.25, 0.3) is 0 Å². The molecule has 1 aromatic heterocycles. The molecule has 0 aliphatic heterocycles. The molecule has 0 aliphatic carbocycles. The van der Waals surface area contributed by atoms with Crippen LogP contribution in [0.1, 0.15) is 23.8 Å². The maximum Gasteiger partial charge on any atom is 0.240 e. The first kappa shape index (κ1) is 16.2. The molecular formula is C15H20N2O2S2. The normalized spacial score (nSPS) is 11.7. The second-order valence-corrected chi connectivity index (χ2v) is 7.52. The Balaban J connectivity index is 1.96. The lowest BCUT2D eigenvalue weighted by atomic mass is 10.2. The van der Waals surface area contributed by atoms with E-state index in [2.05, 4.69) is 17.0 Å². The smallest absolute Gasteiger partial charge is 0.240 e. The minimum absolute atomic E-state index is 0.304. The SMILES string of the molecule is CCCNCc1ccc(S(=O)(=O)NCc2cccs2)cc1. The predicted molar refractivity (Wildman–Crippen MR) is 86.8 cm³/mol. The molecule has 0 fully saturated rings. The fourth-order valence-corrected chi connectivity index (χ4v) is 3.60. The van der Waals surface area contributed by atoms with Crippen LogP contribution in [0.4, 0.5) is 0 Å². The van der Waals surface area contributed by atoms with E-state index in [-0.39, 0.29) is 0 Å². The minimum Gasteiger partial charge on any atom is -0.313 e. The number of thiophene rings is 1. The fraction of sp³-hybridized carbons (Fsp3) is 0.333. The molecule has 1 aromatic carbocycles. The van der Waals surface area contributed by atoms with Gasteiger partial charge in [0.2, 0.25) is 10.0 Å². The number of sulfonamides is 1. The van der Waals surface area contributed by atoms with Crippen LogP contribution in [0.5, 0.6) is 0 Å². The van der Waals surface area contributed by atoms with Crippen LogP contribution in [0, 0.1) is 0 Å². The van der Waals surface area contributed by atoms with Crippen LogP contribution in [-0.2, 0) is 23.1 Å². The number of rotatable bonds is 8. The van der Waals surface area contributed by atoms with E-state index in [1.165, 1.54) is 11.3 Å². The summed E-state index contributed by atoms with van der Waals surface area (Å²) < 4.78 is 27.0. The molecule has 0 bridgehead atoms. The first-order chi connectivity index (χ1) is 10.1. The molecule has 0 radical (unpaired) electrons. The van der Waals surface area contributed by atoms with Crippen LogP contribution in [0.3, 0.4) is 0 Å². The zero-order valence-corrected chi connectivity index (χ0v) is 13.6. The molecule has 2 rings (SSSR count). The van der Waals surface area contributed by atoms with Crippen molar-refractivity contribution in [1.82, 2.24) is 10.0 Å². The van der Waals surface area contributed by atoms with Gasteiger partial charge in [-0.2, -0.15) is 0 Å². The van der Waals surface area contributed by atoms with Gasteiger partial charge in [-0.05, 0) is 42.1 Å². The van der Waals surface area contributed by atoms with Crippen molar-refractivity contribution in [1.29, 1.82) is 0 Å². The van der Waals surface area contributed by atoms with Crippen LogP contribution in [0.25, 0.3) is 0 Å². The monoisotopic (exact) mass is 324 g/mol. The summed E-state index contributed by atoms with van der Waals surface area (Å²) in [4.78, 5) is 1.30. The molecule has 6 heteroatoms. The van der Waals surface area contributed by atoms with Gasteiger partial charge in [-0.1, -0.05) is 25.1 Å². The fourth-order valence-electron chi connectivity index (χ4n) is 1.86. The third-order valence-corrected chi connectivity index (χ3v) is 5.30. The van der Waals surface area contributed by atoms with Crippen molar-refractivity contribution in [3.63, 3.8) is 0 Å². The van der Waals surface area contributed by atoms with Gasteiger partial charge >= 0.3 is 0 Å².